The van der Waals surface area contributed by atoms with Gasteiger partial charge in [0.15, 0.2) is 0 Å². The summed E-state index contributed by atoms with van der Waals surface area (Å²) in [4.78, 5) is 29.1. The largest absolute Gasteiger partial charge is 0.304 e. The quantitative estimate of drug-likeness (QED) is 0.380. The molecule has 0 radical (unpaired) electrons. The molecule has 1 spiro atoms. The molecule has 2 aliphatic heterocycles. The van der Waals surface area contributed by atoms with E-state index in [1.54, 1.807) is 35.2 Å². The molecule has 2 amide bonds. The molecule has 0 bridgehead atoms. The van der Waals surface area contributed by atoms with Gasteiger partial charge in [-0.15, -0.1) is 11.8 Å². The summed E-state index contributed by atoms with van der Waals surface area (Å²) < 4.78 is 0. The SMILES string of the molecule is O=C1CSC2(C(=O)N(Cc3ccc(Cl)c(Cl)c3)c3ccccc32)N1c1ccc(Cl)c(Cl)c1. The molecule has 162 valence electrons. The highest BCUT2D eigenvalue weighted by molar-refractivity contribution is 8.02. The van der Waals surface area contributed by atoms with Gasteiger partial charge in [0.25, 0.3) is 5.91 Å². The molecule has 5 rings (SSSR count). The molecule has 1 fully saturated rings. The van der Waals surface area contributed by atoms with Crippen molar-refractivity contribution in [1.29, 1.82) is 0 Å². The fraction of sp³-hybridized carbons (Fsp3) is 0.130. The first kappa shape index (κ1) is 21.9. The lowest BCUT2D eigenvalue weighted by Crippen LogP contribution is -2.49. The summed E-state index contributed by atoms with van der Waals surface area (Å²) in [5.74, 6) is -0.208. The summed E-state index contributed by atoms with van der Waals surface area (Å²) in [6.45, 7) is 0.290. The molecule has 4 nitrogen and oxygen atoms in total. The number of hydrogen-bond donors (Lipinski definition) is 0. The number of halogens is 4. The average Bonchev–Trinajstić information content (AvgIpc) is 3.24. The molecule has 0 N–H and O–H groups in total. The molecular weight excluding hydrogens is 510 g/mol. The maximum Gasteiger partial charge on any atom is 0.269 e. The third kappa shape index (κ3) is 3.30. The summed E-state index contributed by atoms with van der Waals surface area (Å²) in [5, 5.41) is 1.56. The topological polar surface area (TPSA) is 40.6 Å². The Kier molecular flexibility index (Phi) is 5.59. The zero-order valence-corrected chi connectivity index (χ0v) is 20.2. The molecule has 3 aromatic rings. The molecule has 3 aromatic carbocycles. The van der Waals surface area contributed by atoms with E-state index < -0.39 is 4.87 Å². The van der Waals surface area contributed by atoms with Crippen molar-refractivity contribution in [2.45, 2.75) is 11.4 Å². The van der Waals surface area contributed by atoms with Crippen molar-refractivity contribution in [3.63, 3.8) is 0 Å². The van der Waals surface area contributed by atoms with Gasteiger partial charge in [-0.25, -0.2) is 0 Å². The summed E-state index contributed by atoms with van der Waals surface area (Å²) >= 11 is 25.9. The highest BCUT2D eigenvalue weighted by atomic mass is 35.5. The van der Waals surface area contributed by atoms with Crippen molar-refractivity contribution < 1.29 is 9.59 Å². The predicted molar refractivity (Wildman–Crippen MR) is 132 cm³/mol. The van der Waals surface area contributed by atoms with Gasteiger partial charge in [0, 0.05) is 11.3 Å². The van der Waals surface area contributed by atoms with E-state index in [1.807, 2.05) is 30.3 Å². The fourth-order valence-electron chi connectivity index (χ4n) is 4.16. The molecule has 1 unspecified atom stereocenters. The number of benzene rings is 3. The van der Waals surface area contributed by atoms with E-state index in [0.29, 0.717) is 32.3 Å². The molecule has 0 aliphatic carbocycles. The van der Waals surface area contributed by atoms with Crippen molar-refractivity contribution >= 4 is 81.4 Å². The van der Waals surface area contributed by atoms with Crippen LogP contribution in [0.5, 0.6) is 0 Å². The number of nitrogens with zero attached hydrogens (tertiary/aromatic N) is 2. The second-order valence-corrected chi connectivity index (χ2v) is 10.2. The number of hydrogen-bond acceptors (Lipinski definition) is 3. The van der Waals surface area contributed by atoms with Gasteiger partial charge in [-0.05, 0) is 42.0 Å². The van der Waals surface area contributed by atoms with Crippen molar-refractivity contribution in [3.8, 4) is 0 Å². The first-order chi connectivity index (χ1) is 15.3. The minimum absolute atomic E-state index is 0.168. The Morgan fingerprint density at radius 3 is 2.25 bits per heavy atom. The minimum Gasteiger partial charge on any atom is -0.304 e. The summed E-state index contributed by atoms with van der Waals surface area (Å²) in [6, 6.07) is 17.7. The van der Waals surface area contributed by atoms with Gasteiger partial charge >= 0.3 is 0 Å². The summed E-state index contributed by atoms with van der Waals surface area (Å²) in [7, 11) is 0. The van der Waals surface area contributed by atoms with Crippen LogP contribution < -0.4 is 9.80 Å². The molecular formula is C23H14Cl4N2O2S. The maximum absolute atomic E-state index is 14.0. The number of para-hydroxylation sites is 1. The van der Waals surface area contributed by atoms with E-state index in [1.165, 1.54) is 16.7 Å². The van der Waals surface area contributed by atoms with Crippen molar-refractivity contribution in [2.24, 2.45) is 0 Å². The van der Waals surface area contributed by atoms with Crippen molar-refractivity contribution in [1.82, 2.24) is 0 Å². The van der Waals surface area contributed by atoms with E-state index in [0.717, 1.165) is 16.8 Å². The number of anilines is 2. The molecule has 0 saturated carbocycles. The number of thioether (sulfide) groups is 1. The van der Waals surface area contributed by atoms with Gasteiger partial charge in [0.2, 0.25) is 10.8 Å². The molecule has 0 aromatic heterocycles. The lowest BCUT2D eigenvalue weighted by molar-refractivity contribution is -0.123. The molecule has 1 saturated heterocycles. The van der Waals surface area contributed by atoms with Gasteiger partial charge in [-0.2, -0.15) is 0 Å². The Balaban J connectivity index is 1.63. The molecule has 9 heteroatoms. The van der Waals surface area contributed by atoms with Crippen LogP contribution in [0.25, 0.3) is 0 Å². The van der Waals surface area contributed by atoms with Gasteiger partial charge in [-0.1, -0.05) is 70.7 Å². The van der Waals surface area contributed by atoms with Crippen molar-refractivity contribution in [3.05, 3.63) is 91.9 Å². The van der Waals surface area contributed by atoms with E-state index in [-0.39, 0.29) is 17.6 Å². The first-order valence-electron chi connectivity index (χ1n) is 9.60. The Bertz CT molecular complexity index is 1280. The lowest BCUT2D eigenvalue weighted by Gasteiger charge is -2.33. The zero-order chi connectivity index (χ0) is 22.6. The van der Waals surface area contributed by atoms with Crippen LogP contribution in [-0.2, 0) is 21.0 Å². The number of carbonyl (C=O) groups is 2. The lowest BCUT2D eigenvalue weighted by atomic mass is 10.0. The minimum atomic E-state index is -1.22. The smallest absolute Gasteiger partial charge is 0.269 e. The van der Waals surface area contributed by atoms with E-state index in [9.17, 15) is 9.59 Å². The Labute approximate surface area is 209 Å². The predicted octanol–water partition coefficient (Wildman–Crippen LogP) is 6.78. The number of amides is 2. The molecule has 1 atom stereocenters. The van der Waals surface area contributed by atoms with E-state index in [4.69, 9.17) is 46.4 Å². The molecule has 2 aliphatic rings. The highest BCUT2D eigenvalue weighted by Gasteiger charge is 2.60. The van der Waals surface area contributed by atoms with Gasteiger partial charge in [0.05, 0.1) is 38.1 Å². The van der Waals surface area contributed by atoms with Crippen LogP contribution in [0.4, 0.5) is 11.4 Å². The summed E-state index contributed by atoms with van der Waals surface area (Å²) in [5.41, 5.74) is 2.85. The Morgan fingerprint density at radius 2 is 1.53 bits per heavy atom. The van der Waals surface area contributed by atoms with Crippen LogP contribution in [0.1, 0.15) is 11.1 Å². The van der Waals surface area contributed by atoms with Crippen LogP contribution in [-0.4, -0.2) is 17.6 Å². The third-order valence-corrected chi connectivity index (χ3v) is 8.41. The van der Waals surface area contributed by atoms with Crippen molar-refractivity contribution in [2.75, 3.05) is 15.6 Å². The van der Waals surface area contributed by atoms with Crippen LogP contribution >= 0.6 is 58.2 Å². The van der Waals surface area contributed by atoms with Gasteiger partial charge in [0.1, 0.15) is 0 Å². The Hall–Kier alpha value is -1.89. The maximum atomic E-state index is 14.0. The highest BCUT2D eigenvalue weighted by Crippen LogP contribution is 2.56. The number of fused-ring (bicyclic) bond motifs is 2. The normalized spacial score (nSPS) is 19.9. The van der Waals surface area contributed by atoms with Crippen LogP contribution in [0.3, 0.4) is 0 Å². The van der Waals surface area contributed by atoms with Crippen LogP contribution in [0.2, 0.25) is 20.1 Å². The second kappa shape index (κ2) is 8.15. The molecule has 32 heavy (non-hydrogen) atoms. The van der Waals surface area contributed by atoms with Gasteiger partial charge in [-0.3, -0.25) is 14.5 Å². The molecule has 2 heterocycles. The third-order valence-electron chi connectivity index (χ3n) is 5.55. The van der Waals surface area contributed by atoms with Gasteiger partial charge < -0.3 is 4.90 Å². The fourth-order valence-corrected chi connectivity index (χ4v) is 6.13. The van der Waals surface area contributed by atoms with E-state index in [2.05, 4.69) is 0 Å². The summed E-state index contributed by atoms with van der Waals surface area (Å²) in [6.07, 6.45) is 0. The Morgan fingerprint density at radius 1 is 0.844 bits per heavy atom. The van der Waals surface area contributed by atoms with Crippen LogP contribution in [0, 0.1) is 0 Å². The standard InChI is InChI=1S/C23H14Cl4N2O2S/c24-16-7-5-13(9-18(16)26)11-28-20-4-2-1-3-15(20)23(22(28)31)29(21(30)12-32-23)14-6-8-17(25)19(27)10-14/h1-10H,11-12H2. The monoisotopic (exact) mass is 522 g/mol. The van der Waals surface area contributed by atoms with E-state index >= 15 is 0 Å². The average molecular weight is 524 g/mol. The zero-order valence-electron chi connectivity index (χ0n) is 16.3. The number of rotatable bonds is 3. The van der Waals surface area contributed by atoms with Crippen LogP contribution in [0.15, 0.2) is 60.7 Å². The first-order valence-corrected chi connectivity index (χ1v) is 12.1. The number of carbonyl (C=O) groups excluding carboxylic acids is 2. The second-order valence-electron chi connectivity index (χ2n) is 7.42.